The Kier molecular flexibility index (Phi) is 6.18. The van der Waals surface area contributed by atoms with E-state index in [1.165, 1.54) is 12.8 Å². The van der Waals surface area contributed by atoms with Crippen LogP contribution in [0.2, 0.25) is 0 Å². The molecule has 0 spiro atoms. The molecule has 1 heterocycles. The number of benzene rings is 1. The summed E-state index contributed by atoms with van der Waals surface area (Å²) in [4.78, 5) is 0.223. The number of alkyl halides is 1. The molecule has 2 rings (SSSR count). The van der Waals surface area contributed by atoms with Crippen LogP contribution in [0.3, 0.4) is 0 Å². The Morgan fingerprint density at radius 1 is 1.25 bits per heavy atom. The first-order valence-corrected chi connectivity index (χ1v) is 8.69. The normalized spacial score (nSPS) is 16.2. The van der Waals surface area contributed by atoms with E-state index in [4.69, 9.17) is 14.2 Å². The van der Waals surface area contributed by atoms with Crippen LogP contribution in [0.1, 0.15) is 44.8 Å². The van der Waals surface area contributed by atoms with E-state index in [0.717, 1.165) is 34.6 Å². The van der Waals surface area contributed by atoms with E-state index in [0.29, 0.717) is 0 Å². The summed E-state index contributed by atoms with van der Waals surface area (Å²) in [6.45, 7) is 5.35. The van der Waals surface area contributed by atoms with Gasteiger partial charge in [0.15, 0.2) is 11.5 Å². The molecular weight excluding hydrogens is 388 g/mol. The zero-order chi connectivity index (χ0) is 14.5. The minimum atomic E-state index is -0.00395. The van der Waals surface area contributed by atoms with Crippen LogP contribution in [-0.4, -0.2) is 18.2 Å². The lowest BCUT2D eigenvalue weighted by Gasteiger charge is -2.22. The van der Waals surface area contributed by atoms with Crippen molar-refractivity contribution in [3.8, 4) is 11.5 Å². The number of hydrogen-bond acceptors (Lipinski definition) is 3. The first kappa shape index (κ1) is 16.1. The van der Waals surface area contributed by atoms with Gasteiger partial charge in [0.25, 0.3) is 0 Å². The molecule has 5 heteroatoms. The number of hydrogen-bond donors (Lipinski definition) is 0. The molecule has 0 saturated heterocycles. The lowest BCUT2D eigenvalue weighted by atomic mass is 10.1. The van der Waals surface area contributed by atoms with E-state index in [-0.39, 0.29) is 17.7 Å². The van der Waals surface area contributed by atoms with Crippen molar-refractivity contribution in [1.82, 2.24) is 0 Å². The van der Waals surface area contributed by atoms with Gasteiger partial charge in [0.2, 0.25) is 6.79 Å². The zero-order valence-electron chi connectivity index (χ0n) is 11.8. The maximum Gasteiger partial charge on any atom is 0.231 e. The molecule has 20 heavy (non-hydrogen) atoms. The van der Waals surface area contributed by atoms with Gasteiger partial charge in [-0.05, 0) is 25.5 Å². The van der Waals surface area contributed by atoms with Crippen molar-refractivity contribution in [2.75, 3.05) is 13.4 Å². The quantitative estimate of drug-likeness (QED) is 0.458. The standard InChI is InChI=1S/C15H20Br2O3/c1-3-4-5-6-18-15(10(2)16)11-7-13-14(8-12(11)17)20-9-19-13/h7-8,10,15H,3-6,9H2,1-2H3/t10-,15+/m0/s1. The van der Waals surface area contributed by atoms with Crippen LogP contribution in [0, 0.1) is 0 Å². The van der Waals surface area contributed by atoms with Gasteiger partial charge in [0, 0.05) is 21.5 Å². The smallest absolute Gasteiger partial charge is 0.231 e. The molecule has 0 aromatic heterocycles. The Morgan fingerprint density at radius 2 is 1.95 bits per heavy atom. The minimum Gasteiger partial charge on any atom is -0.454 e. The van der Waals surface area contributed by atoms with Gasteiger partial charge in [-0.2, -0.15) is 0 Å². The van der Waals surface area contributed by atoms with E-state index in [1.807, 2.05) is 12.1 Å². The highest BCUT2D eigenvalue weighted by atomic mass is 79.9. The second-order valence-electron chi connectivity index (χ2n) is 4.90. The Balaban J connectivity index is 2.12. The molecule has 1 aliphatic rings. The number of fused-ring (bicyclic) bond motifs is 1. The van der Waals surface area contributed by atoms with E-state index in [1.54, 1.807) is 0 Å². The predicted octanol–water partition coefficient (Wildman–Crippen LogP) is 5.21. The Labute approximate surface area is 137 Å². The number of rotatable bonds is 7. The van der Waals surface area contributed by atoms with Crippen molar-refractivity contribution in [1.29, 1.82) is 0 Å². The molecule has 0 radical (unpaired) electrons. The fourth-order valence-corrected chi connectivity index (χ4v) is 3.17. The zero-order valence-corrected chi connectivity index (χ0v) is 15.0. The Bertz CT molecular complexity index is 449. The third kappa shape index (κ3) is 3.89. The molecular formula is C15H20Br2O3. The maximum atomic E-state index is 6.06. The first-order valence-electron chi connectivity index (χ1n) is 6.98. The minimum absolute atomic E-state index is 0.00395. The maximum absolute atomic E-state index is 6.06. The van der Waals surface area contributed by atoms with Crippen LogP contribution >= 0.6 is 31.9 Å². The van der Waals surface area contributed by atoms with E-state index >= 15 is 0 Å². The van der Waals surface area contributed by atoms with Crippen molar-refractivity contribution in [3.63, 3.8) is 0 Å². The summed E-state index contributed by atoms with van der Waals surface area (Å²) >= 11 is 7.25. The van der Waals surface area contributed by atoms with Gasteiger partial charge in [-0.1, -0.05) is 51.6 Å². The van der Waals surface area contributed by atoms with Crippen molar-refractivity contribution in [3.05, 3.63) is 22.2 Å². The molecule has 3 nitrogen and oxygen atoms in total. The fraction of sp³-hybridized carbons (Fsp3) is 0.600. The highest BCUT2D eigenvalue weighted by molar-refractivity contribution is 9.10. The van der Waals surface area contributed by atoms with Crippen LogP contribution in [0.5, 0.6) is 11.5 Å². The SMILES string of the molecule is CCCCCO[C@@H](c1cc2c(cc1Br)OCO2)[C@H](C)Br. The van der Waals surface area contributed by atoms with E-state index < -0.39 is 0 Å². The van der Waals surface area contributed by atoms with Crippen molar-refractivity contribution < 1.29 is 14.2 Å². The van der Waals surface area contributed by atoms with Crippen LogP contribution in [0.4, 0.5) is 0 Å². The summed E-state index contributed by atoms with van der Waals surface area (Å²) in [6, 6.07) is 3.96. The summed E-state index contributed by atoms with van der Waals surface area (Å²) in [7, 11) is 0. The molecule has 0 unspecified atom stereocenters. The van der Waals surface area contributed by atoms with Gasteiger partial charge in [-0.25, -0.2) is 0 Å². The number of halogens is 2. The van der Waals surface area contributed by atoms with Crippen LogP contribution in [-0.2, 0) is 4.74 Å². The molecule has 0 fully saturated rings. The molecule has 0 N–H and O–H groups in total. The average Bonchev–Trinajstić information content (AvgIpc) is 2.85. The number of ether oxygens (including phenoxy) is 3. The highest BCUT2D eigenvalue weighted by Gasteiger charge is 2.24. The molecule has 1 aromatic carbocycles. The second-order valence-corrected chi connectivity index (χ2v) is 7.20. The summed E-state index contributed by atoms with van der Waals surface area (Å²) < 4.78 is 17.9. The molecule has 2 atom stereocenters. The van der Waals surface area contributed by atoms with Crippen LogP contribution in [0.15, 0.2) is 16.6 Å². The highest BCUT2D eigenvalue weighted by Crippen LogP contribution is 2.41. The van der Waals surface area contributed by atoms with Crippen molar-refractivity contribution in [2.24, 2.45) is 0 Å². The Hall–Kier alpha value is -0.260. The first-order chi connectivity index (χ1) is 9.63. The average molecular weight is 408 g/mol. The third-order valence-electron chi connectivity index (χ3n) is 3.26. The van der Waals surface area contributed by atoms with E-state index in [9.17, 15) is 0 Å². The van der Waals surface area contributed by atoms with Crippen LogP contribution in [0.25, 0.3) is 0 Å². The topological polar surface area (TPSA) is 27.7 Å². The number of unbranched alkanes of at least 4 members (excludes halogenated alkanes) is 2. The van der Waals surface area contributed by atoms with Crippen LogP contribution < -0.4 is 9.47 Å². The van der Waals surface area contributed by atoms with E-state index in [2.05, 4.69) is 45.7 Å². The Morgan fingerprint density at radius 3 is 2.60 bits per heavy atom. The van der Waals surface area contributed by atoms with Gasteiger partial charge in [-0.15, -0.1) is 0 Å². The lowest BCUT2D eigenvalue weighted by molar-refractivity contribution is 0.0519. The summed E-state index contributed by atoms with van der Waals surface area (Å²) in [5, 5.41) is 0. The van der Waals surface area contributed by atoms with Gasteiger partial charge in [0.05, 0.1) is 6.10 Å². The molecule has 0 bridgehead atoms. The molecule has 1 aliphatic heterocycles. The molecule has 1 aromatic rings. The molecule has 0 aliphatic carbocycles. The van der Waals surface area contributed by atoms with Gasteiger partial charge < -0.3 is 14.2 Å². The largest absolute Gasteiger partial charge is 0.454 e. The monoisotopic (exact) mass is 406 g/mol. The lowest BCUT2D eigenvalue weighted by Crippen LogP contribution is -2.14. The molecule has 0 saturated carbocycles. The van der Waals surface area contributed by atoms with Gasteiger partial charge >= 0.3 is 0 Å². The van der Waals surface area contributed by atoms with Crippen molar-refractivity contribution in [2.45, 2.75) is 44.0 Å². The van der Waals surface area contributed by atoms with Gasteiger partial charge in [0.1, 0.15) is 0 Å². The predicted molar refractivity (Wildman–Crippen MR) is 86.9 cm³/mol. The van der Waals surface area contributed by atoms with Gasteiger partial charge in [-0.3, -0.25) is 0 Å². The fourth-order valence-electron chi connectivity index (χ4n) is 2.18. The summed E-state index contributed by atoms with van der Waals surface area (Å²) in [5.74, 6) is 1.58. The summed E-state index contributed by atoms with van der Waals surface area (Å²) in [5.41, 5.74) is 1.09. The molecule has 0 amide bonds. The van der Waals surface area contributed by atoms with Crippen molar-refractivity contribution >= 4 is 31.9 Å². The molecule has 112 valence electrons. The third-order valence-corrected chi connectivity index (χ3v) is 4.43. The summed E-state index contributed by atoms with van der Waals surface area (Å²) in [6.07, 6.45) is 3.49. The second kappa shape index (κ2) is 7.66.